The largest absolute Gasteiger partial charge is 0.481 e. The first kappa shape index (κ1) is 17.5. The van der Waals surface area contributed by atoms with Crippen molar-refractivity contribution in [2.45, 2.75) is 46.2 Å². The van der Waals surface area contributed by atoms with E-state index in [9.17, 15) is 9.59 Å². The molecule has 1 unspecified atom stereocenters. The van der Waals surface area contributed by atoms with Crippen LogP contribution in [0.15, 0.2) is 16.8 Å². The van der Waals surface area contributed by atoms with Gasteiger partial charge in [0.1, 0.15) is 0 Å². The highest BCUT2D eigenvalue weighted by Crippen LogP contribution is 2.22. The molecule has 0 spiro atoms. The van der Waals surface area contributed by atoms with Gasteiger partial charge in [-0.3, -0.25) is 4.79 Å². The average molecular weight is 312 g/mol. The fraction of sp³-hybridized carbons (Fsp3) is 0.600. The molecule has 2 N–H and O–H groups in total. The Morgan fingerprint density at radius 3 is 2.57 bits per heavy atom. The number of urea groups is 1. The van der Waals surface area contributed by atoms with Gasteiger partial charge in [-0.15, -0.1) is 0 Å². The summed E-state index contributed by atoms with van der Waals surface area (Å²) in [6.45, 7) is 6.61. The molecule has 5 nitrogen and oxygen atoms in total. The molecule has 0 aliphatic heterocycles. The summed E-state index contributed by atoms with van der Waals surface area (Å²) in [5, 5.41) is 15.8. The SMILES string of the molecule is CN(Cc1ccsc1)C(=O)NC(CC(=O)O)CC(C)(C)C. The maximum absolute atomic E-state index is 12.2. The van der Waals surface area contributed by atoms with Crippen molar-refractivity contribution in [1.82, 2.24) is 10.2 Å². The normalized spacial score (nSPS) is 12.8. The van der Waals surface area contributed by atoms with Gasteiger partial charge in [0.15, 0.2) is 0 Å². The zero-order valence-corrected chi connectivity index (χ0v) is 13.9. The second kappa shape index (κ2) is 7.45. The van der Waals surface area contributed by atoms with Gasteiger partial charge in [0.25, 0.3) is 0 Å². The Balaban J connectivity index is 2.59. The quantitative estimate of drug-likeness (QED) is 0.847. The van der Waals surface area contributed by atoms with Crippen LogP contribution in [0.25, 0.3) is 0 Å². The highest BCUT2D eigenvalue weighted by molar-refractivity contribution is 7.07. The molecule has 0 radical (unpaired) electrons. The van der Waals surface area contributed by atoms with E-state index in [0.717, 1.165) is 5.56 Å². The third-order valence-electron chi connectivity index (χ3n) is 2.95. The Bertz CT molecular complexity index is 466. The zero-order valence-electron chi connectivity index (χ0n) is 13.0. The highest BCUT2D eigenvalue weighted by atomic mass is 32.1. The Kier molecular flexibility index (Phi) is 6.20. The second-order valence-electron chi connectivity index (χ2n) is 6.50. The lowest BCUT2D eigenvalue weighted by molar-refractivity contribution is -0.137. The van der Waals surface area contributed by atoms with Crippen molar-refractivity contribution in [1.29, 1.82) is 0 Å². The van der Waals surface area contributed by atoms with Crippen LogP contribution in [0.3, 0.4) is 0 Å². The summed E-state index contributed by atoms with van der Waals surface area (Å²) in [5.74, 6) is -0.898. The van der Waals surface area contributed by atoms with Crippen molar-refractivity contribution in [3.63, 3.8) is 0 Å². The molecule has 0 fully saturated rings. The van der Waals surface area contributed by atoms with E-state index in [-0.39, 0.29) is 23.9 Å². The van der Waals surface area contributed by atoms with Crippen molar-refractivity contribution in [2.75, 3.05) is 7.05 Å². The summed E-state index contributed by atoms with van der Waals surface area (Å²) >= 11 is 1.59. The van der Waals surface area contributed by atoms with E-state index in [0.29, 0.717) is 13.0 Å². The monoisotopic (exact) mass is 312 g/mol. The van der Waals surface area contributed by atoms with E-state index in [1.54, 1.807) is 23.3 Å². The van der Waals surface area contributed by atoms with E-state index >= 15 is 0 Å². The number of hydrogen-bond acceptors (Lipinski definition) is 3. The smallest absolute Gasteiger partial charge is 0.317 e. The van der Waals surface area contributed by atoms with Crippen molar-refractivity contribution < 1.29 is 14.7 Å². The van der Waals surface area contributed by atoms with Gasteiger partial charge in [-0.2, -0.15) is 11.3 Å². The van der Waals surface area contributed by atoms with Gasteiger partial charge in [-0.1, -0.05) is 20.8 Å². The fourth-order valence-electron chi connectivity index (χ4n) is 2.14. The van der Waals surface area contributed by atoms with Crippen LogP contribution in [0, 0.1) is 5.41 Å². The number of nitrogens with one attached hydrogen (secondary N) is 1. The molecule has 1 aromatic rings. The van der Waals surface area contributed by atoms with Crippen LogP contribution < -0.4 is 5.32 Å². The number of carboxylic acids is 1. The van der Waals surface area contributed by atoms with Gasteiger partial charge < -0.3 is 15.3 Å². The summed E-state index contributed by atoms with van der Waals surface area (Å²) in [5.41, 5.74) is 1.03. The average Bonchev–Trinajstić information content (AvgIpc) is 2.78. The van der Waals surface area contributed by atoms with Crippen molar-refractivity contribution >= 4 is 23.3 Å². The van der Waals surface area contributed by atoms with Crippen LogP contribution in [-0.2, 0) is 11.3 Å². The molecule has 0 aliphatic carbocycles. The first-order valence-electron chi connectivity index (χ1n) is 6.92. The number of thiophene rings is 1. The first-order chi connectivity index (χ1) is 9.67. The molecular weight excluding hydrogens is 288 g/mol. The molecule has 1 heterocycles. The molecule has 0 saturated heterocycles. The van der Waals surface area contributed by atoms with Crippen LogP contribution >= 0.6 is 11.3 Å². The topological polar surface area (TPSA) is 69.6 Å². The van der Waals surface area contributed by atoms with E-state index in [1.165, 1.54) is 0 Å². The Morgan fingerprint density at radius 2 is 2.10 bits per heavy atom. The van der Waals surface area contributed by atoms with E-state index in [2.05, 4.69) is 5.32 Å². The maximum atomic E-state index is 12.2. The van der Waals surface area contributed by atoms with E-state index in [4.69, 9.17) is 5.11 Å². The van der Waals surface area contributed by atoms with Gasteiger partial charge in [-0.25, -0.2) is 4.79 Å². The molecule has 6 heteroatoms. The first-order valence-corrected chi connectivity index (χ1v) is 7.86. The maximum Gasteiger partial charge on any atom is 0.317 e. The molecule has 0 bridgehead atoms. The number of carbonyl (C=O) groups excluding carboxylic acids is 1. The third-order valence-corrected chi connectivity index (χ3v) is 3.69. The number of rotatable bonds is 6. The number of nitrogens with zero attached hydrogens (tertiary/aromatic N) is 1. The van der Waals surface area contributed by atoms with Crippen molar-refractivity contribution in [3.8, 4) is 0 Å². The Hall–Kier alpha value is -1.56. The van der Waals surface area contributed by atoms with Gasteiger partial charge >= 0.3 is 12.0 Å². The second-order valence-corrected chi connectivity index (χ2v) is 7.28. The number of aliphatic carboxylic acids is 1. The summed E-state index contributed by atoms with van der Waals surface area (Å²) in [6, 6.07) is 1.37. The molecule has 0 aliphatic rings. The minimum Gasteiger partial charge on any atom is -0.481 e. The zero-order chi connectivity index (χ0) is 16.0. The molecule has 0 aromatic carbocycles. The lowest BCUT2D eigenvalue weighted by Crippen LogP contribution is -2.45. The van der Waals surface area contributed by atoms with Gasteiger partial charge in [0.2, 0.25) is 0 Å². The van der Waals surface area contributed by atoms with Gasteiger partial charge in [0.05, 0.1) is 6.42 Å². The van der Waals surface area contributed by atoms with Crippen LogP contribution in [0.4, 0.5) is 4.79 Å². The van der Waals surface area contributed by atoms with E-state index < -0.39 is 5.97 Å². The van der Waals surface area contributed by atoms with Crippen molar-refractivity contribution in [2.24, 2.45) is 5.41 Å². The molecular formula is C15H24N2O3S. The molecule has 118 valence electrons. The highest BCUT2D eigenvalue weighted by Gasteiger charge is 2.23. The molecule has 0 saturated carbocycles. The Labute approximate surface area is 130 Å². The Morgan fingerprint density at radius 1 is 1.43 bits per heavy atom. The summed E-state index contributed by atoms with van der Waals surface area (Å²) in [6.07, 6.45) is 0.562. The predicted octanol–water partition coefficient (Wildman–Crippen LogP) is 3.17. The molecule has 21 heavy (non-hydrogen) atoms. The van der Waals surface area contributed by atoms with Crippen LogP contribution in [0.2, 0.25) is 0 Å². The minimum atomic E-state index is -0.898. The number of carboxylic acid groups (broad SMARTS) is 1. The molecule has 1 rings (SSSR count). The van der Waals surface area contributed by atoms with Crippen LogP contribution in [0.1, 0.15) is 39.2 Å². The third kappa shape index (κ3) is 7.13. The lowest BCUT2D eigenvalue weighted by Gasteiger charge is -2.28. The van der Waals surface area contributed by atoms with Crippen molar-refractivity contribution in [3.05, 3.63) is 22.4 Å². The lowest BCUT2D eigenvalue weighted by atomic mass is 9.87. The predicted molar refractivity (Wildman–Crippen MR) is 84.4 cm³/mol. The summed E-state index contributed by atoms with van der Waals surface area (Å²) in [7, 11) is 1.71. The van der Waals surface area contributed by atoms with Gasteiger partial charge in [-0.05, 0) is 34.2 Å². The number of amides is 2. The van der Waals surface area contributed by atoms with Crippen LogP contribution in [0.5, 0.6) is 0 Å². The standard InChI is InChI=1S/C15H24N2O3S/c1-15(2,3)8-12(7-13(18)19)16-14(20)17(4)9-11-5-6-21-10-11/h5-6,10,12H,7-9H2,1-4H3,(H,16,20)(H,18,19). The number of hydrogen-bond donors (Lipinski definition) is 2. The number of carbonyl (C=O) groups is 2. The fourth-order valence-corrected chi connectivity index (χ4v) is 2.80. The molecule has 2 amide bonds. The molecule has 1 aromatic heterocycles. The molecule has 1 atom stereocenters. The summed E-state index contributed by atoms with van der Waals surface area (Å²) in [4.78, 5) is 24.7. The van der Waals surface area contributed by atoms with Gasteiger partial charge in [0, 0.05) is 19.6 Å². The summed E-state index contributed by atoms with van der Waals surface area (Å²) < 4.78 is 0. The van der Waals surface area contributed by atoms with Crippen LogP contribution in [-0.4, -0.2) is 35.1 Å². The van der Waals surface area contributed by atoms with E-state index in [1.807, 2.05) is 37.6 Å². The minimum absolute atomic E-state index is 0.0423.